The zero-order chi connectivity index (χ0) is 10.8. The molecule has 4 nitrogen and oxygen atoms in total. The molecule has 0 saturated heterocycles. The van der Waals surface area contributed by atoms with Crippen LogP contribution in [0, 0.1) is 0 Å². The largest absolute Gasteiger partial charge is 0.495 e. The number of methoxy groups -OCH3 is 1. The maximum absolute atomic E-state index is 5.76. The number of nitrogens with two attached hydrogens (primary N) is 1. The molecule has 80 valence electrons. The third kappa shape index (κ3) is 1.94. The first kappa shape index (κ1) is 9.98. The van der Waals surface area contributed by atoms with Crippen molar-refractivity contribution in [3.8, 4) is 5.75 Å². The monoisotopic (exact) mass is 205 g/mol. The fourth-order valence-corrected chi connectivity index (χ4v) is 1.63. The lowest BCUT2D eigenvalue weighted by Gasteiger charge is -2.07. The highest BCUT2D eigenvalue weighted by Gasteiger charge is 2.05. The summed E-state index contributed by atoms with van der Waals surface area (Å²) in [7, 11) is 1.64. The van der Waals surface area contributed by atoms with Crippen molar-refractivity contribution in [2.24, 2.45) is 5.73 Å². The van der Waals surface area contributed by atoms with E-state index in [0.717, 1.165) is 23.3 Å². The van der Waals surface area contributed by atoms with Crippen LogP contribution in [0.3, 0.4) is 0 Å². The molecule has 2 rings (SSSR count). The molecular weight excluding hydrogens is 190 g/mol. The number of nitrogens with zero attached hydrogens (tertiary/aromatic N) is 2. The van der Waals surface area contributed by atoms with Gasteiger partial charge in [0.1, 0.15) is 11.4 Å². The van der Waals surface area contributed by atoms with Gasteiger partial charge >= 0.3 is 0 Å². The Morgan fingerprint density at radius 1 is 1.60 bits per heavy atom. The summed E-state index contributed by atoms with van der Waals surface area (Å²) in [5.74, 6) is 0.779. The zero-order valence-corrected chi connectivity index (χ0v) is 8.97. The summed E-state index contributed by atoms with van der Waals surface area (Å²) in [5, 5.41) is 1.08. The van der Waals surface area contributed by atoms with E-state index in [4.69, 9.17) is 10.5 Å². The highest BCUT2D eigenvalue weighted by molar-refractivity contribution is 5.77. The van der Waals surface area contributed by atoms with Gasteiger partial charge in [-0.2, -0.15) is 0 Å². The number of pyridine rings is 1. The summed E-state index contributed by atoms with van der Waals surface area (Å²) in [6, 6.07) is 4.12. The van der Waals surface area contributed by atoms with Crippen LogP contribution in [0.1, 0.15) is 6.92 Å². The van der Waals surface area contributed by atoms with E-state index in [2.05, 4.69) is 9.55 Å². The van der Waals surface area contributed by atoms with Crippen molar-refractivity contribution in [2.75, 3.05) is 7.11 Å². The summed E-state index contributed by atoms with van der Waals surface area (Å²) >= 11 is 0. The highest BCUT2D eigenvalue weighted by Crippen LogP contribution is 2.19. The van der Waals surface area contributed by atoms with Crippen LogP contribution in [0.4, 0.5) is 0 Å². The molecule has 0 spiro atoms. The van der Waals surface area contributed by atoms with Crippen molar-refractivity contribution >= 4 is 11.0 Å². The molecule has 15 heavy (non-hydrogen) atoms. The minimum absolute atomic E-state index is 0.129. The maximum atomic E-state index is 5.76. The molecule has 1 atom stereocenters. The van der Waals surface area contributed by atoms with Gasteiger partial charge < -0.3 is 15.0 Å². The van der Waals surface area contributed by atoms with E-state index >= 15 is 0 Å². The van der Waals surface area contributed by atoms with E-state index in [9.17, 15) is 0 Å². The van der Waals surface area contributed by atoms with E-state index in [1.165, 1.54) is 0 Å². The predicted molar refractivity (Wildman–Crippen MR) is 59.9 cm³/mol. The normalized spacial score (nSPS) is 13.0. The van der Waals surface area contributed by atoms with Crippen LogP contribution in [-0.4, -0.2) is 22.7 Å². The fraction of sp³-hybridized carbons (Fsp3) is 0.364. The van der Waals surface area contributed by atoms with Gasteiger partial charge in [0.15, 0.2) is 0 Å². The van der Waals surface area contributed by atoms with Gasteiger partial charge in [0.2, 0.25) is 0 Å². The highest BCUT2D eigenvalue weighted by atomic mass is 16.5. The number of ether oxygens (including phenoxy) is 1. The molecule has 0 aromatic carbocycles. The lowest BCUT2D eigenvalue weighted by Crippen LogP contribution is -2.21. The Balaban J connectivity index is 2.43. The van der Waals surface area contributed by atoms with Crippen LogP contribution >= 0.6 is 0 Å². The lowest BCUT2D eigenvalue weighted by molar-refractivity contribution is 0.413. The Bertz CT molecular complexity index is 462. The van der Waals surface area contributed by atoms with Crippen molar-refractivity contribution in [2.45, 2.75) is 19.5 Å². The maximum Gasteiger partial charge on any atom is 0.140 e. The van der Waals surface area contributed by atoms with Gasteiger partial charge in [-0.3, -0.25) is 0 Å². The molecule has 0 fully saturated rings. The molecule has 0 radical (unpaired) electrons. The Morgan fingerprint density at radius 3 is 3.07 bits per heavy atom. The molecular formula is C11H15N3O. The van der Waals surface area contributed by atoms with Crippen LogP contribution < -0.4 is 10.5 Å². The van der Waals surface area contributed by atoms with Crippen molar-refractivity contribution < 1.29 is 4.74 Å². The third-order valence-electron chi connectivity index (χ3n) is 2.30. The number of hydrogen-bond acceptors (Lipinski definition) is 3. The molecule has 0 bridgehead atoms. The molecule has 2 aromatic heterocycles. The lowest BCUT2D eigenvalue weighted by atomic mass is 10.3. The van der Waals surface area contributed by atoms with Gasteiger partial charge in [0.25, 0.3) is 0 Å². The second-order valence-corrected chi connectivity index (χ2v) is 3.73. The standard InChI is InChI=1S/C11H15N3O/c1-8(12)7-14-4-3-9-5-10(15-2)6-13-11(9)14/h3-6,8H,7,12H2,1-2H3. The first-order chi connectivity index (χ1) is 7.20. The summed E-state index contributed by atoms with van der Waals surface area (Å²) in [5.41, 5.74) is 6.71. The van der Waals surface area contributed by atoms with E-state index in [0.29, 0.717) is 0 Å². The van der Waals surface area contributed by atoms with Gasteiger partial charge in [0, 0.05) is 24.2 Å². The molecule has 2 aromatic rings. The smallest absolute Gasteiger partial charge is 0.140 e. The molecule has 1 unspecified atom stereocenters. The van der Waals surface area contributed by atoms with Crippen LogP contribution in [0.25, 0.3) is 11.0 Å². The molecule has 0 aliphatic rings. The average Bonchev–Trinajstić information content (AvgIpc) is 2.60. The average molecular weight is 205 g/mol. The predicted octanol–water partition coefficient (Wildman–Crippen LogP) is 1.39. The topological polar surface area (TPSA) is 53.1 Å². The Kier molecular flexibility index (Phi) is 2.60. The van der Waals surface area contributed by atoms with E-state index in [-0.39, 0.29) is 6.04 Å². The SMILES string of the molecule is COc1cnc2c(ccn2CC(C)N)c1. The molecule has 4 heteroatoms. The van der Waals surface area contributed by atoms with Gasteiger partial charge in [-0.05, 0) is 19.1 Å². The number of hydrogen-bond donors (Lipinski definition) is 1. The number of rotatable bonds is 3. The van der Waals surface area contributed by atoms with Gasteiger partial charge in [0.05, 0.1) is 13.3 Å². The Hall–Kier alpha value is -1.55. The summed E-state index contributed by atoms with van der Waals surface area (Å²) in [4.78, 5) is 4.35. The zero-order valence-electron chi connectivity index (χ0n) is 8.97. The number of aromatic nitrogens is 2. The Labute approximate surface area is 88.7 Å². The quantitative estimate of drug-likeness (QED) is 0.823. The molecule has 0 aliphatic carbocycles. The molecule has 2 N–H and O–H groups in total. The van der Waals surface area contributed by atoms with Crippen LogP contribution in [-0.2, 0) is 6.54 Å². The number of fused-ring (bicyclic) bond motifs is 1. The molecule has 0 aliphatic heterocycles. The summed E-state index contributed by atoms with van der Waals surface area (Å²) in [6.45, 7) is 2.76. The van der Waals surface area contributed by atoms with Crippen LogP contribution in [0.2, 0.25) is 0 Å². The van der Waals surface area contributed by atoms with E-state index < -0.39 is 0 Å². The molecule has 2 heterocycles. The van der Waals surface area contributed by atoms with Crippen LogP contribution in [0.5, 0.6) is 5.75 Å². The summed E-state index contributed by atoms with van der Waals surface area (Å²) < 4.78 is 7.17. The first-order valence-corrected chi connectivity index (χ1v) is 4.95. The third-order valence-corrected chi connectivity index (χ3v) is 2.30. The van der Waals surface area contributed by atoms with Crippen molar-refractivity contribution in [3.63, 3.8) is 0 Å². The second kappa shape index (κ2) is 3.90. The first-order valence-electron chi connectivity index (χ1n) is 4.95. The van der Waals surface area contributed by atoms with Crippen LogP contribution in [0.15, 0.2) is 24.5 Å². The minimum atomic E-state index is 0.129. The van der Waals surface area contributed by atoms with E-state index in [1.807, 2.05) is 25.3 Å². The second-order valence-electron chi connectivity index (χ2n) is 3.73. The van der Waals surface area contributed by atoms with Crippen molar-refractivity contribution in [1.29, 1.82) is 0 Å². The fourth-order valence-electron chi connectivity index (χ4n) is 1.63. The van der Waals surface area contributed by atoms with Gasteiger partial charge in [-0.15, -0.1) is 0 Å². The Morgan fingerprint density at radius 2 is 2.40 bits per heavy atom. The molecule has 0 saturated carbocycles. The summed E-state index contributed by atoms with van der Waals surface area (Å²) in [6.07, 6.45) is 3.72. The van der Waals surface area contributed by atoms with Gasteiger partial charge in [-0.1, -0.05) is 0 Å². The van der Waals surface area contributed by atoms with Crippen molar-refractivity contribution in [3.05, 3.63) is 24.5 Å². The van der Waals surface area contributed by atoms with Gasteiger partial charge in [-0.25, -0.2) is 4.98 Å². The van der Waals surface area contributed by atoms with E-state index in [1.54, 1.807) is 13.3 Å². The molecule has 0 amide bonds. The van der Waals surface area contributed by atoms with Crippen molar-refractivity contribution in [1.82, 2.24) is 9.55 Å². The minimum Gasteiger partial charge on any atom is -0.495 e.